The number of aromatic nitrogens is 1. The number of hydrogen-bond donors (Lipinski definition) is 0. The predicted octanol–water partition coefficient (Wildman–Crippen LogP) is 2.05. The van der Waals surface area contributed by atoms with Gasteiger partial charge in [-0.3, -0.25) is 4.79 Å². The maximum atomic E-state index is 12.4. The molecule has 0 radical (unpaired) electrons. The lowest BCUT2D eigenvalue weighted by Crippen LogP contribution is -2.47. The van der Waals surface area contributed by atoms with Gasteiger partial charge in [0, 0.05) is 23.2 Å². The van der Waals surface area contributed by atoms with Crippen molar-refractivity contribution in [3.8, 4) is 5.75 Å². The van der Waals surface area contributed by atoms with Crippen LogP contribution in [0, 0.1) is 0 Å². The minimum Gasteiger partial charge on any atom is -0.489 e. The van der Waals surface area contributed by atoms with E-state index in [1.165, 1.54) is 0 Å². The van der Waals surface area contributed by atoms with Crippen molar-refractivity contribution < 1.29 is 14.1 Å². The molecule has 0 unspecified atom stereocenters. The van der Waals surface area contributed by atoms with Crippen LogP contribution in [0.5, 0.6) is 5.75 Å². The van der Waals surface area contributed by atoms with Crippen LogP contribution in [-0.2, 0) is 11.3 Å². The van der Waals surface area contributed by atoms with E-state index >= 15 is 0 Å². The number of halogens is 1. The van der Waals surface area contributed by atoms with Gasteiger partial charge in [-0.05, 0) is 12.1 Å². The van der Waals surface area contributed by atoms with E-state index in [2.05, 4.69) is 0 Å². The van der Waals surface area contributed by atoms with Gasteiger partial charge in [0.05, 0.1) is 12.2 Å². The summed E-state index contributed by atoms with van der Waals surface area (Å²) in [5.41, 5.74) is 0.780. The lowest BCUT2D eigenvalue weighted by molar-refractivity contribution is -0.684. The fourth-order valence-corrected chi connectivity index (χ4v) is 2.40. The molecule has 0 aliphatic carbocycles. The average molecular weight is 290 g/mol. The highest BCUT2D eigenvalue weighted by Crippen LogP contribution is 2.33. The third-order valence-corrected chi connectivity index (χ3v) is 3.42. The second-order valence-electron chi connectivity index (χ2n) is 4.55. The molecule has 0 N–H and O–H groups in total. The quantitative estimate of drug-likeness (QED) is 0.793. The highest BCUT2D eigenvalue weighted by atomic mass is 35.5. The second-order valence-corrected chi connectivity index (χ2v) is 4.99. The van der Waals surface area contributed by atoms with Crippen LogP contribution in [0.4, 0.5) is 5.69 Å². The zero-order valence-corrected chi connectivity index (χ0v) is 11.6. The first-order chi connectivity index (χ1) is 9.74. The Hall–Kier alpha value is -2.07. The van der Waals surface area contributed by atoms with Crippen molar-refractivity contribution in [1.82, 2.24) is 0 Å². The van der Waals surface area contributed by atoms with Crippen molar-refractivity contribution in [2.45, 2.75) is 6.54 Å². The van der Waals surface area contributed by atoms with E-state index in [1.807, 2.05) is 41.2 Å². The average Bonchev–Trinajstić information content (AvgIpc) is 2.47. The number of benzene rings is 1. The van der Waals surface area contributed by atoms with Crippen molar-refractivity contribution >= 4 is 23.2 Å². The molecular weight excluding hydrogens is 276 g/mol. The Labute approximate surface area is 122 Å². The number of carbonyl (C=O) groups excluding carboxylic acids is 1. The van der Waals surface area contributed by atoms with Crippen molar-refractivity contribution in [2.24, 2.45) is 0 Å². The molecule has 5 heteroatoms. The van der Waals surface area contributed by atoms with Gasteiger partial charge in [0.25, 0.3) is 5.91 Å². The molecule has 2 aromatic rings. The molecule has 1 aliphatic rings. The van der Waals surface area contributed by atoms with Gasteiger partial charge in [-0.25, -0.2) is 0 Å². The normalized spacial score (nSPS) is 13.6. The van der Waals surface area contributed by atoms with Crippen LogP contribution in [0.1, 0.15) is 0 Å². The molecule has 0 bridgehead atoms. The molecule has 2 heterocycles. The third kappa shape index (κ3) is 2.60. The molecule has 20 heavy (non-hydrogen) atoms. The number of anilines is 1. The van der Waals surface area contributed by atoms with E-state index < -0.39 is 0 Å². The molecule has 0 saturated carbocycles. The van der Waals surface area contributed by atoms with Crippen LogP contribution in [0.2, 0.25) is 5.02 Å². The zero-order valence-electron chi connectivity index (χ0n) is 10.8. The van der Waals surface area contributed by atoms with E-state index in [4.69, 9.17) is 16.3 Å². The maximum absolute atomic E-state index is 12.4. The maximum Gasteiger partial charge on any atom is 0.293 e. The molecule has 102 valence electrons. The first kappa shape index (κ1) is 12.9. The molecular formula is C15H14ClN2O2+. The Morgan fingerprint density at radius 2 is 2.10 bits per heavy atom. The van der Waals surface area contributed by atoms with E-state index in [9.17, 15) is 4.79 Å². The van der Waals surface area contributed by atoms with Crippen molar-refractivity contribution in [3.05, 3.63) is 53.8 Å². The Kier molecular flexibility index (Phi) is 3.56. The number of nitrogens with zero attached hydrogens (tertiary/aromatic N) is 2. The van der Waals surface area contributed by atoms with Gasteiger partial charge in [-0.2, -0.15) is 4.57 Å². The van der Waals surface area contributed by atoms with Crippen LogP contribution >= 0.6 is 11.6 Å². The summed E-state index contributed by atoms with van der Waals surface area (Å²) in [7, 11) is 0. The lowest BCUT2D eigenvalue weighted by atomic mass is 10.2. The summed E-state index contributed by atoms with van der Waals surface area (Å²) in [6.45, 7) is 1.35. The van der Waals surface area contributed by atoms with Gasteiger partial charge in [0.15, 0.2) is 12.4 Å². The van der Waals surface area contributed by atoms with Crippen LogP contribution in [-0.4, -0.2) is 19.1 Å². The van der Waals surface area contributed by atoms with Gasteiger partial charge >= 0.3 is 0 Å². The summed E-state index contributed by atoms with van der Waals surface area (Å²) in [5.74, 6) is 0.697. The molecule has 1 aliphatic heterocycles. The monoisotopic (exact) mass is 289 g/mol. The Morgan fingerprint density at radius 1 is 1.30 bits per heavy atom. The van der Waals surface area contributed by atoms with Gasteiger partial charge in [-0.15, -0.1) is 0 Å². The topological polar surface area (TPSA) is 33.4 Å². The highest BCUT2D eigenvalue weighted by molar-refractivity contribution is 6.30. The van der Waals surface area contributed by atoms with E-state index in [0.29, 0.717) is 30.5 Å². The summed E-state index contributed by atoms with van der Waals surface area (Å²) in [5, 5.41) is 0.607. The van der Waals surface area contributed by atoms with Crippen LogP contribution in [0.25, 0.3) is 0 Å². The van der Waals surface area contributed by atoms with Crippen LogP contribution in [0.3, 0.4) is 0 Å². The van der Waals surface area contributed by atoms with E-state index in [0.717, 1.165) is 5.69 Å². The SMILES string of the molecule is O=C(C[n+]1ccccc1)N1CCOc2cc(Cl)ccc21. The number of fused-ring (bicyclic) bond motifs is 1. The largest absolute Gasteiger partial charge is 0.489 e. The molecule has 0 atom stereocenters. The molecule has 1 aromatic heterocycles. The Bertz CT molecular complexity index is 631. The number of rotatable bonds is 2. The number of carbonyl (C=O) groups is 1. The lowest BCUT2D eigenvalue weighted by Gasteiger charge is -2.28. The smallest absolute Gasteiger partial charge is 0.293 e. The van der Waals surface area contributed by atoms with Crippen LogP contribution in [0.15, 0.2) is 48.8 Å². The highest BCUT2D eigenvalue weighted by Gasteiger charge is 2.25. The predicted molar refractivity (Wildman–Crippen MR) is 75.9 cm³/mol. The molecule has 3 rings (SSSR count). The molecule has 0 spiro atoms. The number of hydrogen-bond acceptors (Lipinski definition) is 2. The molecule has 0 saturated heterocycles. The van der Waals surface area contributed by atoms with Gasteiger partial charge in [-0.1, -0.05) is 17.7 Å². The Balaban J connectivity index is 1.83. The van der Waals surface area contributed by atoms with Crippen molar-refractivity contribution in [1.29, 1.82) is 0 Å². The van der Waals surface area contributed by atoms with Gasteiger partial charge in [0.1, 0.15) is 12.4 Å². The molecule has 1 aromatic carbocycles. The minimum absolute atomic E-state index is 0.0353. The molecule has 0 fully saturated rings. The Morgan fingerprint density at radius 3 is 2.90 bits per heavy atom. The fourth-order valence-electron chi connectivity index (χ4n) is 2.23. The zero-order chi connectivity index (χ0) is 13.9. The van der Waals surface area contributed by atoms with Crippen LogP contribution < -0.4 is 14.2 Å². The number of amides is 1. The van der Waals surface area contributed by atoms with Crippen molar-refractivity contribution in [3.63, 3.8) is 0 Å². The summed E-state index contributed by atoms with van der Waals surface area (Å²) in [4.78, 5) is 14.2. The number of pyridine rings is 1. The van der Waals surface area contributed by atoms with Gasteiger partial charge < -0.3 is 9.64 Å². The fraction of sp³-hybridized carbons (Fsp3) is 0.200. The van der Waals surface area contributed by atoms with Gasteiger partial charge in [0.2, 0.25) is 6.54 Å². The number of ether oxygens (including phenoxy) is 1. The summed E-state index contributed by atoms with van der Waals surface area (Å²) in [6.07, 6.45) is 3.75. The molecule has 4 nitrogen and oxygen atoms in total. The van der Waals surface area contributed by atoms with E-state index in [-0.39, 0.29) is 5.91 Å². The van der Waals surface area contributed by atoms with E-state index in [1.54, 1.807) is 17.0 Å². The molecule has 1 amide bonds. The standard InChI is InChI=1S/C15H14ClN2O2/c16-12-4-5-13-14(10-12)20-9-8-18(13)15(19)11-17-6-2-1-3-7-17/h1-7,10H,8-9,11H2/q+1. The minimum atomic E-state index is 0.0353. The summed E-state index contributed by atoms with van der Waals surface area (Å²) in [6, 6.07) is 11.1. The third-order valence-electron chi connectivity index (χ3n) is 3.18. The first-order valence-corrected chi connectivity index (χ1v) is 6.78. The first-order valence-electron chi connectivity index (χ1n) is 6.41. The van der Waals surface area contributed by atoms with Crippen molar-refractivity contribution in [2.75, 3.05) is 18.1 Å². The summed E-state index contributed by atoms with van der Waals surface area (Å²) < 4.78 is 7.40. The second kappa shape index (κ2) is 5.51. The summed E-state index contributed by atoms with van der Waals surface area (Å²) >= 11 is 5.95.